The van der Waals surface area contributed by atoms with E-state index in [1.807, 2.05) is 24.3 Å². The maximum atomic E-state index is 10.9. The molecule has 6 heteroatoms. The number of para-hydroxylation sites is 1. The summed E-state index contributed by atoms with van der Waals surface area (Å²) in [5.41, 5.74) is 2.10. The number of aromatic nitrogens is 1. The van der Waals surface area contributed by atoms with Crippen LogP contribution in [0.15, 0.2) is 42.6 Å². The van der Waals surface area contributed by atoms with Crippen LogP contribution in [0, 0.1) is 0 Å². The molecule has 0 unspecified atom stereocenters. The molecule has 0 amide bonds. The van der Waals surface area contributed by atoms with Crippen LogP contribution in [0.4, 0.5) is 0 Å². The predicted molar refractivity (Wildman–Crippen MR) is 72.0 cm³/mol. The summed E-state index contributed by atoms with van der Waals surface area (Å²) >= 11 is 0. The summed E-state index contributed by atoms with van der Waals surface area (Å²) < 4.78 is 16.1. The lowest BCUT2D eigenvalue weighted by atomic mass is 10.1. The molecule has 0 atom stereocenters. The maximum Gasteiger partial charge on any atom is 0.331 e. The van der Waals surface area contributed by atoms with E-state index in [0.29, 0.717) is 5.69 Å². The molecule has 2 aromatic rings. The normalized spacial score (nSPS) is 11.3. The van der Waals surface area contributed by atoms with Crippen molar-refractivity contribution in [2.75, 3.05) is 7.11 Å². The average Bonchev–Trinajstić information content (AvgIpc) is 2.38. The molecule has 0 saturated carbocycles. The van der Waals surface area contributed by atoms with Crippen molar-refractivity contribution in [1.82, 2.24) is 4.98 Å². The van der Waals surface area contributed by atoms with Gasteiger partial charge < -0.3 is 14.5 Å². The van der Waals surface area contributed by atoms with Crippen LogP contribution in [-0.4, -0.2) is 21.9 Å². The fraction of sp³-hybridized carbons (Fsp3) is 0.154. The Bertz CT molecular complexity index is 606. The molecule has 0 bridgehead atoms. The molecular weight excluding hydrogens is 265 g/mol. The molecule has 19 heavy (non-hydrogen) atoms. The number of benzene rings is 1. The minimum atomic E-state index is -4.08. The fourth-order valence-corrected chi connectivity index (χ4v) is 2.38. The van der Waals surface area contributed by atoms with Gasteiger partial charge in [-0.15, -0.1) is 0 Å². The van der Waals surface area contributed by atoms with Crippen LogP contribution in [-0.2, 0) is 10.7 Å². The van der Waals surface area contributed by atoms with Gasteiger partial charge in [-0.25, -0.2) is 0 Å². The molecule has 0 aliphatic heterocycles. The monoisotopic (exact) mass is 279 g/mol. The molecule has 0 spiro atoms. The van der Waals surface area contributed by atoms with Crippen molar-refractivity contribution in [3.8, 4) is 16.9 Å². The lowest BCUT2D eigenvalue weighted by Crippen LogP contribution is -1.92. The summed E-state index contributed by atoms with van der Waals surface area (Å²) in [4.78, 5) is 21.8. The van der Waals surface area contributed by atoms with Gasteiger partial charge in [0.1, 0.15) is 5.75 Å². The van der Waals surface area contributed by atoms with Crippen LogP contribution < -0.4 is 4.74 Å². The number of hydrogen-bond donors (Lipinski definition) is 2. The molecule has 0 saturated heterocycles. The van der Waals surface area contributed by atoms with Gasteiger partial charge in [0.25, 0.3) is 0 Å². The molecule has 2 rings (SSSR count). The topological polar surface area (TPSA) is 79.7 Å². The van der Waals surface area contributed by atoms with Crippen molar-refractivity contribution in [3.05, 3.63) is 48.3 Å². The first-order valence-corrected chi connectivity index (χ1v) is 7.42. The summed E-state index contributed by atoms with van der Waals surface area (Å²) in [6.45, 7) is 0. The van der Waals surface area contributed by atoms with E-state index in [0.717, 1.165) is 16.9 Å². The van der Waals surface area contributed by atoms with Gasteiger partial charge in [0, 0.05) is 17.3 Å². The van der Waals surface area contributed by atoms with Crippen LogP contribution in [0.2, 0.25) is 0 Å². The number of rotatable bonds is 4. The molecule has 2 N–H and O–H groups in total. The minimum absolute atomic E-state index is 0.348. The standard InChI is InChI=1S/C13H14NO4P/c1-18-13-5-3-2-4-12(13)10-6-7-11(14-8-10)9-19(15,16)17/h2-8H,9H2,1H3,(H2,15,16,17). The highest BCUT2D eigenvalue weighted by molar-refractivity contribution is 7.50. The number of methoxy groups -OCH3 is 1. The van der Waals surface area contributed by atoms with Gasteiger partial charge in [-0.3, -0.25) is 9.55 Å². The summed E-state index contributed by atoms with van der Waals surface area (Å²) in [5, 5.41) is 0. The van der Waals surface area contributed by atoms with Crippen molar-refractivity contribution in [3.63, 3.8) is 0 Å². The highest BCUT2D eigenvalue weighted by Gasteiger charge is 2.15. The molecule has 0 aliphatic rings. The average molecular weight is 279 g/mol. The number of hydrogen-bond acceptors (Lipinski definition) is 3. The van der Waals surface area contributed by atoms with Crippen molar-refractivity contribution in [2.24, 2.45) is 0 Å². The number of ether oxygens (including phenoxy) is 1. The summed E-state index contributed by atoms with van der Waals surface area (Å²) in [6, 6.07) is 10.9. The summed E-state index contributed by atoms with van der Waals surface area (Å²) in [6.07, 6.45) is 1.24. The lowest BCUT2D eigenvalue weighted by molar-refractivity contribution is 0.371. The Morgan fingerprint density at radius 2 is 1.95 bits per heavy atom. The molecule has 1 aromatic heterocycles. The third kappa shape index (κ3) is 3.64. The second-order valence-electron chi connectivity index (χ2n) is 4.06. The van der Waals surface area contributed by atoms with E-state index < -0.39 is 7.60 Å². The van der Waals surface area contributed by atoms with E-state index in [9.17, 15) is 4.57 Å². The first kappa shape index (κ1) is 13.7. The Balaban J connectivity index is 2.30. The Hall–Kier alpha value is -1.68. The fourth-order valence-electron chi connectivity index (χ4n) is 1.77. The summed E-state index contributed by atoms with van der Waals surface area (Å²) in [7, 11) is -2.49. The van der Waals surface area contributed by atoms with E-state index in [2.05, 4.69) is 4.98 Å². The van der Waals surface area contributed by atoms with Crippen molar-refractivity contribution in [2.45, 2.75) is 6.16 Å². The van der Waals surface area contributed by atoms with E-state index >= 15 is 0 Å². The van der Waals surface area contributed by atoms with Crippen molar-refractivity contribution < 1.29 is 19.1 Å². The van der Waals surface area contributed by atoms with Crippen molar-refractivity contribution >= 4 is 7.60 Å². The second kappa shape index (κ2) is 5.53. The van der Waals surface area contributed by atoms with Gasteiger partial charge in [-0.05, 0) is 12.1 Å². The smallest absolute Gasteiger partial charge is 0.331 e. The maximum absolute atomic E-state index is 10.9. The quantitative estimate of drug-likeness (QED) is 0.840. The molecule has 0 aliphatic carbocycles. The van der Waals surface area contributed by atoms with Crippen LogP contribution >= 0.6 is 7.60 Å². The molecule has 5 nitrogen and oxygen atoms in total. The Labute approximate surface area is 111 Å². The third-order valence-corrected chi connectivity index (χ3v) is 3.35. The lowest BCUT2D eigenvalue weighted by Gasteiger charge is -2.09. The predicted octanol–water partition coefficient (Wildman–Crippen LogP) is 2.43. The number of pyridine rings is 1. The SMILES string of the molecule is COc1ccccc1-c1ccc(CP(=O)(O)O)nc1. The second-order valence-corrected chi connectivity index (χ2v) is 5.71. The van der Waals surface area contributed by atoms with E-state index in [1.54, 1.807) is 25.4 Å². The van der Waals surface area contributed by atoms with Gasteiger partial charge in [0.2, 0.25) is 0 Å². The zero-order valence-corrected chi connectivity index (χ0v) is 11.2. The van der Waals surface area contributed by atoms with Crippen LogP contribution in [0.1, 0.15) is 5.69 Å². The highest BCUT2D eigenvalue weighted by Crippen LogP contribution is 2.38. The number of nitrogens with zero attached hydrogens (tertiary/aromatic N) is 1. The van der Waals surface area contributed by atoms with E-state index in [1.165, 1.54) is 0 Å². The van der Waals surface area contributed by atoms with Crippen LogP contribution in [0.5, 0.6) is 5.75 Å². The van der Waals surface area contributed by atoms with Gasteiger partial charge in [-0.2, -0.15) is 0 Å². The van der Waals surface area contributed by atoms with Crippen LogP contribution in [0.25, 0.3) is 11.1 Å². The van der Waals surface area contributed by atoms with Gasteiger partial charge >= 0.3 is 7.60 Å². The Kier molecular flexibility index (Phi) is 4.00. The zero-order valence-electron chi connectivity index (χ0n) is 10.4. The van der Waals surface area contributed by atoms with Gasteiger partial charge in [0.05, 0.1) is 19.0 Å². The van der Waals surface area contributed by atoms with Gasteiger partial charge in [0.15, 0.2) is 0 Å². The first-order valence-electron chi connectivity index (χ1n) is 5.62. The first-order chi connectivity index (χ1) is 8.99. The molecule has 1 heterocycles. The molecule has 0 fully saturated rings. The highest BCUT2D eigenvalue weighted by atomic mass is 31.2. The van der Waals surface area contributed by atoms with Crippen LogP contribution in [0.3, 0.4) is 0 Å². The third-order valence-electron chi connectivity index (χ3n) is 2.61. The van der Waals surface area contributed by atoms with Crippen molar-refractivity contribution in [1.29, 1.82) is 0 Å². The Morgan fingerprint density at radius 3 is 2.53 bits per heavy atom. The zero-order chi connectivity index (χ0) is 13.9. The summed E-state index contributed by atoms with van der Waals surface area (Å²) in [5.74, 6) is 0.729. The molecule has 0 radical (unpaired) electrons. The van der Waals surface area contributed by atoms with E-state index in [4.69, 9.17) is 14.5 Å². The molecular formula is C13H14NO4P. The molecule has 100 valence electrons. The minimum Gasteiger partial charge on any atom is -0.496 e. The van der Waals surface area contributed by atoms with Gasteiger partial charge in [-0.1, -0.05) is 24.3 Å². The van der Waals surface area contributed by atoms with E-state index in [-0.39, 0.29) is 6.16 Å². The molecule has 1 aromatic carbocycles. The Morgan fingerprint density at radius 1 is 1.21 bits per heavy atom. The largest absolute Gasteiger partial charge is 0.496 e.